The first-order valence-electron chi connectivity index (χ1n) is 7.95. The van der Waals surface area contributed by atoms with Crippen molar-refractivity contribution >= 4 is 17.2 Å². The zero-order valence-corrected chi connectivity index (χ0v) is 13.4. The Labute approximate surface area is 131 Å². The summed E-state index contributed by atoms with van der Waals surface area (Å²) in [6.07, 6.45) is 6.10. The molecule has 1 aromatic rings. The molecule has 1 saturated heterocycles. The Morgan fingerprint density at radius 1 is 1.38 bits per heavy atom. The fourth-order valence-corrected chi connectivity index (χ4v) is 4.26. The van der Waals surface area contributed by atoms with Gasteiger partial charge in [0.2, 0.25) is 5.91 Å². The lowest BCUT2D eigenvalue weighted by Crippen LogP contribution is -2.44. The predicted molar refractivity (Wildman–Crippen MR) is 87.4 cm³/mol. The van der Waals surface area contributed by atoms with Gasteiger partial charge >= 0.3 is 0 Å². The van der Waals surface area contributed by atoms with E-state index in [1.54, 1.807) is 0 Å². The molecule has 0 N–H and O–H groups in total. The third kappa shape index (κ3) is 3.38. The maximum absolute atomic E-state index is 12.7. The van der Waals surface area contributed by atoms with E-state index < -0.39 is 0 Å². The summed E-state index contributed by atoms with van der Waals surface area (Å²) in [6.45, 7) is 8.71. The molecule has 1 amide bonds. The fourth-order valence-electron chi connectivity index (χ4n) is 3.37. The molecule has 3 heterocycles. The molecule has 21 heavy (non-hydrogen) atoms. The molecule has 0 aliphatic carbocycles. The first-order chi connectivity index (χ1) is 10.3. The van der Waals surface area contributed by atoms with Gasteiger partial charge in [-0.25, -0.2) is 0 Å². The zero-order chi connectivity index (χ0) is 14.7. The van der Waals surface area contributed by atoms with E-state index in [1.165, 1.54) is 10.4 Å². The monoisotopic (exact) mass is 304 g/mol. The highest BCUT2D eigenvalue weighted by Gasteiger charge is 2.30. The van der Waals surface area contributed by atoms with Crippen LogP contribution in [-0.4, -0.2) is 41.9 Å². The van der Waals surface area contributed by atoms with E-state index in [2.05, 4.69) is 27.8 Å². The highest BCUT2D eigenvalue weighted by molar-refractivity contribution is 7.10. The molecule has 114 valence electrons. The summed E-state index contributed by atoms with van der Waals surface area (Å²) in [6, 6.07) is 2.18. The van der Waals surface area contributed by atoms with Crippen LogP contribution >= 0.6 is 11.3 Å². The number of carbonyl (C=O) groups excluding carboxylic acids is 1. The van der Waals surface area contributed by atoms with Gasteiger partial charge in [-0.1, -0.05) is 6.08 Å². The third-order valence-electron chi connectivity index (χ3n) is 4.71. The molecule has 2 aliphatic heterocycles. The molecule has 4 heteroatoms. The zero-order valence-electron chi connectivity index (χ0n) is 12.6. The van der Waals surface area contributed by atoms with Crippen LogP contribution < -0.4 is 0 Å². The van der Waals surface area contributed by atoms with Gasteiger partial charge in [0.15, 0.2) is 0 Å². The lowest BCUT2D eigenvalue weighted by molar-refractivity contribution is -0.138. The minimum atomic E-state index is 0.241. The van der Waals surface area contributed by atoms with Crippen LogP contribution in [0.15, 0.2) is 24.1 Å². The Kier molecular flexibility index (Phi) is 4.76. The van der Waals surface area contributed by atoms with E-state index in [4.69, 9.17) is 0 Å². The van der Waals surface area contributed by atoms with Crippen molar-refractivity contribution in [2.75, 3.05) is 26.2 Å². The summed E-state index contributed by atoms with van der Waals surface area (Å²) < 4.78 is 0. The van der Waals surface area contributed by atoms with Gasteiger partial charge in [0.1, 0.15) is 0 Å². The van der Waals surface area contributed by atoms with E-state index in [-0.39, 0.29) is 5.92 Å². The Morgan fingerprint density at radius 3 is 2.95 bits per heavy atom. The highest BCUT2D eigenvalue weighted by Crippen LogP contribution is 2.27. The van der Waals surface area contributed by atoms with Crippen LogP contribution in [0, 0.1) is 5.92 Å². The fraction of sp³-hybridized carbons (Fsp3) is 0.588. The van der Waals surface area contributed by atoms with E-state index in [0.717, 1.165) is 58.4 Å². The van der Waals surface area contributed by atoms with Gasteiger partial charge in [0.25, 0.3) is 0 Å². The summed E-state index contributed by atoms with van der Waals surface area (Å²) >= 11 is 1.83. The number of fused-ring (bicyclic) bond motifs is 1. The van der Waals surface area contributed by atoms with Crippen molar-refractivity contribution < 1.29 is 4.79 Å². The molecule has 3 nitrogen and oxygen atoms in total. The van der Waals surface area contributed by atoms with Gasteiger partial charge in [0.05, 0.1) is 0 Å². The van der Waals surface area contributed by atoms with Gasteiger partial charge in [-0.2, -0.15) is 0 Å². The Hall–Kier alpha value is -1.13. The van der Waals surface area contributed by atoms with E-state index in [9.17, 15) is 4.79 Å². The van der Waals surface area contributed by atoms with Crippen LogP contribution in [0.3, 0.4) is 0 Å². The summed E-state index contributed by atoms with van der Waals surface area (Å²) in [5.41, 5.74) is 1.36. The van der Waals surface area contributed by atoms with Crippen LogP contribution in [0.2, 0.25) is 0 Å². The van der Waals surface area contributed by atoms with Gasteiger partial charge < -0.3 is 9.80 Å². The summed E-state index contributed by atoms with van der Waals surface area (Å²) in [5.74, 6) is 0.625. The Balaban J connectivity index is 1.52. The number of hydrogen-bond donors (Lipinski definition) is 0. The van der Waals surface area contributed by atoms with E-state index >= 15 is 0 Å². The molecule has 1 fully saturated rings. The minimum Gasteiger partial charge on any atom is -0.338 e. The maximum Gasteiger partial charge on any atom is 0.226 e. The maximum atomic E-state index is 12.7. The van der Waals surface area contributed by atoms with Crippen LogP contribution in [0.1, 0.15) is 29.7 Å². The van der Waals surface area contributed by atoms with E-state index in [1.807, 2.05) is 17.4 Å². The molecule has 3 rings (SSSR count). The van der Waals surface area contributed by atoms with Gasteiger partial charge in [0, 0.05) is 30.4 Å². The van der Waals surface area contributed by atoms with Gasteiger partial charge in [-0.15, -0.1) is 17.9 Å². The Bertz CT molecular complexity index is 503. The van der Waals surface area contributed by atoms with Crippen LogP contribution in [0.5, 0.6) is 0 Å². The van der Waals surface area contributed by atoms with E-state index in [0.29, 0.717) is 5.91 Å². The predicted octanol–water partition coefficient (Wildman–Crippen LogP) is 2.92. The van der Waals surface area contributed by atoms with Crippen molar-refractivity contribution in [1.29, 1.82) is 0 Å². The normalized spacial score (nSPS) is 20.3. The largest absolute Gasteiger partial charge is 0.338 e. The highest BCUT2D eigenvalue weighted by atomic mass is 32.1. The summed E-state index contributed by atoms with van der Waals surface area (Å²) in [7, 11) is 0. The van der Waals surface area contributed by atoms with Crippen molar-refractivity contribution in [2.24, 2.45) is 5.92 Å². The summed E-state index contributed by atoms with van der Waals surface area (Å²) in [5, 5.41) is 2.15. The molecule has 0 aromatic carbocycles. The number of likely N-dealkylation sites (tertiary alicyclic amines) is 1. The molecular weight excluding hydrogens is 280 g/mol. The number of hydrogen-bond acceptors (Lipinski definition) is 3. The number of amides is 1. The third-order valence-corrected chi connectivity index (χ3v) is 5.73. The van der Waals surface area contributed by atoms with Crippen molar-refractivity contribution in [2.45, 2.75) is 32.2 Å². The van der Waals surface area contributed by atoms with Crippen molar-refractivity contribution in [1.82, 2.24) is 9.80 Å². The Morgan fingerprint density at radius 2 is 2.19 bits per heavy atom. The molecule has 0 radical (unpaired) electrons. The summed E-state index contributed by atoms with van der Waals surface area (Å²) in [4.78, 5) is 18.7. The smallest absolute Gasteiger partial charge is 0.226 e. The quantitative estimate of drug-likeness (QED) is 0.799. The number of thiophene rings is 1. The van der Waals surface area contributed by atoms with Gasteiger partial charge in [-0.3, -0.25) is 4.79 Å². The van der Waals surface area contributed by atoms with Crippen molar-refractivity contribution in [3.8, 4) is 0 Å². The van der Waals surface area contributed by atoms with Crippen LogP contribution in [-0.2, 0) is 17.8 Å². The number of nitrogens with zero attached hydrogens (tertiary/aromatic N) is 2. The molecule has 0 unspecified atom stereocenters. The lowest BCUT2D eigenvalue weighted by Gasteiger charge is -2.35. The van der Waals surface area contributed by atoms with Crippen LogP contribution in [0.4, 0.5) is 0 Å². The number of carbonyl (C=O) groups is 1. The first kappa shape index (κ1) is 14.8. The molecule has 0 spiro atoms. The second kappa shape index (κ2) is 6.75. The number of piperidine rings is 1. The van der Waals surface area contributed by atoms with Crippen LogP contribution in [0.25, 0.3) is 0 Å². The average molecular weight is 304 g/mol. The molecule has 1 aromatic heterocycles. The second-order valence-electron chi connectivity index (χ2n) is 6.07. The lowest BCUT2D eigenvalue weighted by atomic mass is 9.94. The SMILES string of the molecule is C=CCCN1CCC(C(=O)N2CCc3sccc3C2)CC1. The second-order valence-corrected chi connectivity index (χ2v) is 7.07. The molecule has 0 bridgehead atoms. The first-order valence-corrected chi connectivity index (χ1v) is 8.83. The standard InChI is InChI=1S/C17H24N2OS/c1-2-3-8-18-9-4-14(5-10-18)17(20)19-11-6-16-15(13-19)7-12-21-16/h2,7,12,14H,1,3-6,8-11,13H2. The molecule has 2 aliphatic rings. The molecular formula is C17H24N2OS. The van der Waals surface area contributed by atoms with Crippen molar-refractivity contribution in [3.63, 3.8) is 0 Å². The number of rotatable bonds is 4. The average Bonchev–Trinajstić information content (AvgIpc) is 3.00. The van der Waals surface area contributed by atoms with Crippen molar-refractivity contribution in [3.05, 3.63) is 34.5 Å². The topological polar surface area (TPSA) is 23.6 Å². The van der Waals surface area contributed by atoms with Gasteiger partial charge in [-0.05, 0) is 55.8 Å². The minimum absolute atomic E-state index is 0.241. The molecule has 0 saturated carbocycles. The molecule has 0 atom stereocenters.